The minimum absolute atomic E-state index is 0. The summed E-state index contributed by atoms with van der Waals surface area (Å²) >= 11 is -2.21. The van der Waals surface area contributed by atoms with E-state index in [1.807, 2.05) is 6.07 Å². The molecule has 0 radical (unpaired) electrons. The summed E-state index contributed by atoms with van der Waals surface area (Å²) < 4.78 is 22.0. The number of hydrogen-bond acceptors (Lipinski definition) is 3. The summed E-state index contributed by atoms with van der Waals surface area (Å²) in [6, 6.07) is 7.08. The molecule has 1 atom stereocenters. The number of pyridine rings is 1. The first-order valence-electron chi connectivity index (χ1n) is 4.14. The van der Waals surface area contributed by atoms with Gasteiger partial charge in [0, 0.05) is 16.5 Å². The molecule has 72 valence electrons. The molecule has 3 nitrogen and oxygen atoms in total. The molecule has 0 saturated heterocycles. The van der Waals surface area contributed by atoms with E-state index in [0.29, 0.717) is 15.8 Å². The van der Waals surface area contributed by atoms with Crippen molar-refractivity contribution < 1.29 is 38.3 Å². The molecule has 1 heterocycles. The van der Waals surface area contributed by atoms with Gasteiger partial charge in [-0.2, -0.15) is 0 Å². The van der Waals surface area contributed by atoms with Gasteiger partial charge in [0.1, 0.15) is 0 Å². The zero-order valence-corrected chi connectivity index (χ0v) is 11.4. The summed E-state index contributed by atoms with van der Waals surface area (Å²) in [5.41, 5.74) is 1.45. The number of aryl methyl sites for hydroxylation is 1. The predicted molar refractivity (Wildman–Crippen MR) is 53.7 cm³/mol. The van der Waals surface area contributed by atoms with E-state index in [1.54, 1.807) is 31.3 Å². The zero-order valence-electron chi connectivity index (χ0n) is 8.56. The van der Waals surface area contributed by atoms with Crippen molar-refractivity contribution in [1.29, 1.82) is 0 Å². The second kappa shape index (κ2) is 5.18. The SMILES string of the molecule is Cc1ccc2ncccc2c1S(=O)[O-].[Na+]. The number of nitrogens with zero attached hydrogens (tertiary/aromatic N) is 1. The van der Waals surface area contributed by atoms with Crippen molar-refractivity contribution in [3.05, 3.63) is 36.0 Å². The molecule has 0 N–H and O–H groups in total. The molecule has 1 aromatic carbocycles. The summed E-state index contributed by atoms with van der Waals surface area (Å²) in [4.78, 5) is 4.44. The van der Waals surface area contributed by atoms with Crippen LogP contribution in [-0.2, 0) is 11.1 Å². The van der Waals surface area contributed by atoms with Crippen molar-refractivity contribution in [2.75, 3.05) is 0 Å². The fraction of sp³-hybridized carbons (Fsp3) is 0.100. The van der Waals surface area contributed by atoms with E-state index >= 15 is 0 Å². The summed E-state index contributed by atoms with van der Waals surface area (Å²) in [6.07, 6.45) is 1.65. The standard InChI is InChI=1S/C10H9NO2S.Na/c1-7-4-5-9-8(3-2-6-11-9)10(7)14(12)13;/h2-6H,1H3,(H,12,13);/q;+1/p-1. The Morgan fingerprint density at radius 2 is 2.07 bits per heavy atom. The molecule has 0 amide bonds. The van der Waals surface area contributed by atoms with Gasteiger partial charge in [-0.05, 0) is 35.7 Å². The second-order valence-electron chi connectivity index (χ2n) is 3.02. The molecule has 1 aromatic heterocycles. The van der Waals surface area contributed by atoms with E-state index in [9.17, 15) is 8.76 Å². The van der Waals surface area contributed by atoms with Crippen LogP contribution in [0.2, 0.25) is 0 Å². The Morgan fingerprint density at radius 1 is 1.33 bits per heavy atom. The van der Waals surface area contributed by atoms with Gasteiger partial charge in [-0.15, -0.1) is 0 Å². The Hall–Kier alpha value is -0.260. The third-order valence-corrected chi connectivity index (χ3v) is 2.97. The molecule has 0 spiro atoms. The molecule has 2 aromatic rings. The van der Waals surface area contributed by atoms with E-state index in [-0.39, 0.29) is 29.6 Å². The average Bonchev–Trinajstić information content (AvgIpc) is 2.17. The monoisotopic (exact) mass is 229 g/mol. The maximum absolute atomic E-state index is 11.0. The van der Waals surface area contributed by atoms with E-state index in [0.717, 1.165) is 5.56 Å². The number of benzene rings is 1. The molecule has 2 rings (SSSR count). The van der Waals surface area contributed by atoms with Crippen molar-refractivity contribution >= 4 is 22.0 Å². The van der Waals surface area contributed by atoms with E-state index in [2.05, 4.69) is 4.98 Å². The molecular formula is C10H8NNaO2S. The van der Waals surface area contributed by atoms with Gasteiger partial charge in [0.05, 0.1) is 5.52 Å². The quantitative estimate of drug-likeness (QED) is 0.455. The second-order valence-corrected chi connectivity index (χ2v) is 3.89. The fourth-order valence-corrected chi connectivity index (χ4v) is 2.14. The van der Waals surface area contributed by atoms with Crippen molar-refractivity contribution in [2.24, 2.45) is 0 Å². The first-order valence-corrected chi connectivity index (χ1v) is 5.21. The van der Waals surface area contributed by atoms with Crippen molar-refractivity contribution in [2.45, 2.75) is 11.8 Å². The largest absolute Gasteiger partial charge is 1.00 e. The molecule has 1 unspecified atom stereocenters. The first-order chi connectivity index (χ1) is 6.70. The summed E-state index contributed by atoms with van der Waals surface area (Å²) in [7, 11) is 0. The van der Waals surface area contributed by atoms with Crippen LogP contribution in [0.4, 0.5) is 0 Å². The Labute approximate surface area is 112 Å². The molecule has 15 heavy (non-hydrogen) atoms. The Balaban J connectivity index is 0.00000112. The third-order valence-electron chi connectivity index (χ3n) is 2.10. The van der Waals surface area contributed by atoms with Gasteiger partial charge in [0.15, 0.2) is 0 Å². The molecule has 0 fully saturated rings. The van der Waals surface area contributed by atoms with Gasteiger partial charge in [-0.3, -0.25) is 9.19 Å². The summed E-state index contributed by atoms with van der Waals surface area (Å²) in [5.74, 6) is 0. The smallest absolute Gasteiger partial charge is 0.768 e. The molecule has 0 aliphatic carbocycles. The van der Waals surface area contributed by atoms with E-state index < -0.39 is 11.1 Å². The molecule has 0 aliphatic rings. The molecule has 0 bridgehead atoms. The number of hydrogen-bond donors (Lipinski definition) is 0. The Bertz CT molecular complexity index is 516. The summed E-state index contributed by atoms with van der Waals surface area (Å²) in [6.45, 7) is 1.78. The molecular weight excluding hydrogens is 221 g/mol. The van der Waals surface area contributed by atoms with E-state index in [4.69, 9.17) is 0 Å². The summed E-state index contributed by atoms with van der Waals surface area (Å²) in [5, 5.41) is 0.681. The van der Waals surface area contributed by atoms with Gasteiger partial charge in [-0.25, -0.2) is 0 Å². The number of rotatable bonds is 1. The van der Waals surface area contributed by atoms with Crippen molar-refractivity contribution in [3.63, 3.8) is 0 Å². The van der Waals surface area contributed by atoms with Crippen LogP contribution in [0.1, 0.15) is 5.56 Å². The topological polar surface area (TPSA) is 53.0 Å². The van der Waals surface area contributed by atoms with Gasteiger partial charge in [0.2, 0.25) is 0 Å². The van der Waals surface area contributed by atoms with Crippen LogP contribution in [0.15, 0.2) is 35.4 Å². The molecule has 5 heteroatoms. The van der Waals surface area contributed by atoms with Crippen LogP contribution in [0.25, 0.3) is 10.9 Å². The van der Waals surface area contributed by atoms with Crippen LogP contribution in [0, 0.1) is 6.92 Å². The van der Waals surface area contributed by atoms with E-state index in [1.165, 1.54) is 0 Å². The Morgan fingerprint density at radius 3 is 2.73 bits per heavy atom. The number of aromatic nitrogens is 1. The van der Waals surface area contributed by atoms with Crippen molar-refractivity contribution in [1.82, 2.24) is 4.98 Å². The van der Waals surface area contributed by atoms with Crippen LogP contribution in [0.5, 0.6) is 0 Å². The van der Waals surface area contributed by atoms with Crippen LogP contribution < -0.4 is 29.6 Å². The minimum atomic E-state index is -2.21. The predicted octanol–water partition coefficient (Wildman–Crippen LogP) is -1.21. The van der Waals surface area contributed by atoms with Gasteiger partial charge in [-0.1, -0.05) is 12.1 Å². The molecule has 0 saturated carbocycles. The van der Waals surface area contributed by atoms with Gasteiger partial charge in [0.25, 0.3) is 0 Å². The van der Waals surface area contributed by atoms with Crippen LogP contribution in [0.3, 0.4) is 0 Å². The molecule has 0 aliphatic heterocycles. The minimum Gasteiger partial charge on any atom is -0.768 e. The van der Waals surface area contributed by atoms with Crippen LogP contribution in [-0.4, -0.2) is 13.7 Å². The Kier molecular flexibility index (Phi) is 4.43. The van der Waals surface area contributed by atoms with Crippen LogP contribution >= 0.6 is 0 Å². The fourth-order valence-electron chi connectivity index (χ4n) is 1.46. The maximum atomic E-state index is 11.0. The average molecular weight is 229 g/mol. The number of fused-ring (bicyclic) bond motifs is 1. The van der Waals surface area contributed by atoms with Gasteiger partial charge >= 0.3 is 29.6 Å². The zero-order chi connectivity index (χ0) is 10.1. The van der Waals surface area contributed by atoms with Crippen molar-refractivity contribution in [3.8, 4) is 0 Å². The maximum Gasteiger partial charge on any atom is 1.00 e. The normalized spacial score (nSPS) is 12.1. The van der Waals surface area contributed by atoms with Gasteiger partial charge < -0.3 is 4.55 Å². The third kappa shape index (κ3) is 2.46. The first kappa shape index (κ1) is 12.8.